The Morgan fingerprint density at radius 2 is 0.279 bits per heavy atom. The zero-order valence-corrected chi connectivity index (χ0v) is 25.4. The van der Waals surface area contributed by atoms with Crippen LogP contribution in [0.1, 0.15) is 0 Å². The number of hydrogen-bond acceptors (Lipinski definition) is 0. The minimum atomic E-state index is 0. The van der Waals surface area contributed by atoms with Crippen LogP contribution in [-0.2, 0) is 0 Å². The minimum Gasteiger partial charge on any atom is -0.153 e. The molecule has 0 aliphatic carbocycles. The highest BCUT2D eigenvalue weighted by atomic mass is 31.0. The largest absolute Gasteiger partial charge is 0.153 e. The van der Waals surface area contributed by atoms with Crippen LogP contribution in [-0.4, -0.2) is 0 Å². The maximum Gasteiger partial charge on any atom is -0.00139 e. The van der Waals surface area contributed by atoms with Crippen LogP contribution in [0.3, 0.4) is 0 Å². The lowest BCUT2D eigenvalue weighted by Crippen LogP contribution is -2.02. The van der Waals surface area contributed by atoms with Gasteiger partial charge in [0.15, 0.2) is 0 Å². The van der Waals surface area contributed by atoms with E-state index < -0.39 is 0 Å². The Morgan fingerprint density at radius 1 is 0.163 bits per heavy atom. The first-order valence-corrected chi connectivity index (χ1v) is 14.5. The van der Waals surface area contributed by atoms with Gasteiger partial charge in [-0.25, -0.2) is 0 Å². The van der Waals surface area contributed by atoms with Gasteiger partial charge in [0.25, 0.3) is 0 Å². The van der Waals surface area contributed by atoms with E-state index in [9.17, 15) is 0 Å². The van der Waals surface area contributed by atoms with Crippen LogP contribution in [0.5, 0.6) is 0 Å². The summed E-state index contributed by atoms with van der Waals surface area (Å²) in [4.78, 5) is 0. The fourth-order valence-corrected chi connectivity index (χ4v) is 6.11. The molecule has 1 unspecified atom stereocenters. The molecule has 43 heavy (non-hydrogen) atoms. The van der Waals surface area contributed by atoms with Gasteiger partial charge in [-0.15, -0.1) is 0 Å². The lowest BCUT2D eigenvalue weighted by atomic mass is 9.74. The van der Waals surface area contributed by atoms with Crippen molar-refractivity contribution in [1.29, 1.82) is 0 Å². The summed E-state index contributed by atoms with van der Waals surface area (Å²) in [7, 11) is 0. The molecular weight excluding hydrogens is 535 g/mol. The van der Waals surface area contributed by atoms with Crippen molar-refractivity contribution in [3.05, 3.63) is 182 Å². The monoisotopic (exact) mass is 568 g/mol. The van der Waals surface area contributed by atoms with Gasteiger partial charge < -0.3 is 0 Å². The summed E-state index contributed by atoms with van der Waals surface area (Å²) in [5.41, 5.74) is 14.6. The summed E-state index contributed by atoms with van der Waals surface area (Å²) >= 11 is 0. The fraction of sp³-hybridized carbons (Fsp3) is 0. The van der Waals surface area contributed by atoms with Crippen LogP contribution >= 0.6 is 9.90 Å². The molecule has 7 aromatic carbocycles. The Kier molecular flexibility index (Phi) is 8.41. The van der Waals surface area contributed by atoms with Crippen LogP contribution in [0.15, 0.2) is 182 Å². The van der Waals surface area contributed by atoms with E-state index in [4.69, 9.17) is 0 Å². The summed E-state index contributed by atoms with van der Waals surface area (Å²) < 4.78 is 0. The molecule has 0 saturated carbocycles. The van der Waals surface area contributed by atoms with Crippen LogP contribution in [0.4, 0.5) is 0 Å². The lowest BCUT2D eigenvalue weighted by Gasteiger charge is -2.28. The topological polar surface area (TPSA) is 0 Å². The van der Waals surface area contributed by atoms with Crippen molar-refractivity contribution in [2.45, 2.75) is 0 Å². The average Bonchev–Trinajstić information content (AvgIpc) is 3.09. The number of hydrogen-bond donors (Lipinski definition) is 0. The molecule has 0 nitrogen and oxygen atoms in total. The standard InChI is InChI=1S/C42H30.H3P/c1-7-19-31(20-8-1)37-38(32-21-9-2-10-22-32)40(34-25-13-4-14-26-34)42(36-29-17-6-18-30-36)41(35-27-15-5-16-28-35)39(37)33-23-11-3-12-24-33;/h1-30H;1H3. The van der Waals surface area contributed by atoms with Gasteiger partial charge >= 0.3 is 0 Å². The highest BCUT2D eigenvalue weighted by Gasteiger charge is 2.28. The Balaban J connectivity index is 0.00000329. The smallest absolute Gasteiger partial charge is 0.00139 e. The zero-order chi connectivity index (χ0) is 28.1. The highest BCUT2D eigenvalue weighted by molar-refractivity contribution is 6.92. The lowest BCUT2D eigenvalue weighted by molar-refractivity contribution is 1.51. The summed E-state index contributed by atoms with van der Waals surface area (Å²) in [6, 6.07) is 65.4. The van der Waals surface area contributed by atoms with E-state index in [0.29, 0.717) is 0 Å². The van der Waals surface area contributed by atoms with E-state index in [2.05, 4.69) is 182 Å². The van der Waals surface area contributed by atoms with Crippen LogP contribution in [0, 0.1) is 0 Å². The molecular formula is C42H33P. The maximum atomic E-state index is 2.25. The van der Waals surface area contributed by atoms with Gasteiger partial charge in [-0.1, -0.05) is 182 Å². The summed E-state index contributed by atoms with van der Waals surface area (Å²) in [6.45, 7) is 0. The zero-order valence-electron chi connectivity index (χ0n) is 24.0. The predicted octanol–water partition coefficient (Wildman–Crippen LogP) is 11.7. The van der Waals surface area contributed by atoms with Gasteiger partial charge in [0, 0.05) is 0 Å². The van der Waals surface area contributed by atoms with Crippen LogP contribution < -0.4 is 0 Å². The molecule has 0 spiro atoms. The Morgan fingerprint density at radius 3 is 0.395 bits per heavy atom. The van der Waals surface area contributed by atoms with Gasteiger partial charge in [0.1, 0.15) is 0 Å². The highest BCUT2D eigenvalue weighted by Crippen LogP contribution is 2.55. The van der Waals surface area contributed by atoms with Gasteiger partial charge in [-0.3, -0.25) is 0 Å². The molecule has 0 aliphatic rings. The third kappa shape index (κ3) is 5.46. The SMILES string of the molecule is P.c1ccc(-c2c(-c3ccccc3)c(-c3ccccc3)c(-c3ccccc3)c(-c3ccccc3)c2-c2ccccc2)cc1. The van der Waals surface area contributed by atoms with Crippen molar-refractivity contribution in [3.8, 4) is 66.8 Å². The van der Waals surface area contributed by atoms with Gasteiger partial charge in [-0.05, 0) is 66.8 Å². The third-order valence-electron chi connectivity index (χ3n) is 7.87. The molecule has 7 rings (SSSR count). The van der Waals surface area contributed by atoms with E-state index in [1.165, 1.54) is 66.8 Å². The van der Waals surface area contributed by atoms with Gasteiger partial charge in [0.05, 0.1) is 0 Å². The molecule has 0 fully saturated rings. The molecule has 0 radical (unpaired) electrons. The molecule has 0 amide bonds. The Hall–Kier alpha value is -5.03. The van der Waals surface area contributed by atoms with Crippen molar-refractivity contribution in [2.75, 3.05) is 0 Å². The second kappa shape index (κ2) is 12.9. The molecule has 0 aromatic heterocycles. The van der Waals surface area contributed by atoms with E-state index in [-0.39, 0.29) is 9.90 Å². The quantitative estimate of drug-likeness (QED) is 0.175. The van der Waals surface area contributed by atoms with Gasteiger partial charge in [-0.2, -0.15) is 9.90 Å². The Bertz CT molecular complexity index is 1520. The van der Waals surface area contributed by atoms with E-state index in [0.717, 1.165) is 0 Å². The first-order valence-electron chi connectivity index (χ1n) is 14.5. The van der Waals surface area contributed by atoms with E-state index in [1.54, 1.807) is 0 Å². The van der Waals surface area contributed by atoms with E-state index in [1.807, 2.05) is 0 Å². The maximum absolute atomic E-state index is 2.25. The number of benzene rings is 7. The average molecular weight is 569 g/mol. The molecule has 0 N–H and O–H groups in total. The fourth-order valence-electron chi connectivity index (χ4n) is 6.11. The molecule has 7 aromatic rings. The van der Waals surface area contributed by atoms with Crippen molar-refractivity contribution >= 4 is 9.90 Å². The second-order valence-electron chi connectivity index (χ2n) is 10.4. The van der Waals surface area contributed by atoms with Crippen LogP contribution in [0.2, 0.25) is 0 Å². The van der Waals surface area contributed by atoms with Gasteiger partial charge in [0.2, 0.25) is 0 Å². The normalized spacial score (nSPS) is 10.6. The second-order valence-corrected chi connectivity index (χ2v) is 10.4. The third-order valence-corrected chi connectivity index (χ3v) is 7.87. The summed E-state index contributed by atoms with van der Waals surface area (Å²) in [5, 5.41) is 0. The van der Waals surface area contributed by atoms with Crippen molar-refractivity contribution < 1.29 is 0 Å². The van der Waals surface area contributed by atoms with Crippen molar-refractivity contribution in [3.63, 3.8) is 0 Å². The predicted molar refractivity (Wildman–Crippen MR) is 190 cm³/mol. The van der Waals surface area contributed by atoms with Crippen molar-refractivity contribution in [2.24, 2.45) is 0 Å². The molecule has 1 atom stereocenters. The Labute approximate surface area is 258 Å². The molecule has 0 saturated heterocycles. The molecule has 0 aliphatic heterocycles. The molecule has 0 heterocycles. The molecule has 206 valence electrons. The van der Waals surface area contributed by atoms with Crippen LogP contribution in [0.25, 0.3) is 66.8 Å². The van der Waals surface area contributed by atoms with Crippen molar-refractivity contribution in [1.82, 2.24) is 0 Å². The number of rotatable bonds is 6. The minimum absolute atomic E-state index is 0. The first-order chi connectivity index (χ1) is 20.9. The molecule has 1 heteroatoms. The van der Waals surface area contributed by atoms with E-state index >= 15 is 0 Å². The summed E-state index contributed by atoms with van der Waals surface area (Å²) in [5.74, 6) is 0. The molecule has 0 bridgehead atoms. The summed E-state index contributed by atoms with van der Waals surface area (Å²) in [6.07, 6.45) is 0. The first kappa shape index (κ1) is 28.1.